The summed E-state index contributed by atoms with van der Waals surface area (Å²) in [5.74, 6) is -0.143. The lowest BCUT2D eigenvalue weighted by Crippen LogP contribution is -2.26. The van der Waals surface area contributed by atoms with Crippen LogP contribution in [-0.4, -0.2) is 47.7 Å². The van der Waals surface area contributed by atoms with Crippen molar-refractivity contribution in [2.24, 2.45) is 0 Å². The van der Waals surface area contributed by atoms with Crippen LogP contribution in [0.4, 0.5) is 0 Å². The average Bonchev–Trinajstić information content (AvgIpc) is 2.95. The van der Waals surface area contributed by atoms with Crippen molar-refractivity contribution in [1.29, 1.82) is 0 Å². The molecule has 0 bridgehead atoms. The molecule has 0 radical (unpaired) electrons. The van der Waals surface area contributed by atoms with Crippen molar-refractivity contribution in [2.45, 2.75) is 108 Å². The predicted octanol–water partition coefficient (Wildman–Crippen LogP) is 3.35. The van der Waals surface area contributed by atoms with Gasteiger partial charge >= 0.3 is 5.97 Å². The van der Waals surface area contributed by atoms with Gasteiger partial charge in [-0.3, -0.25) is 4.79 Å². The number of carbonyl (C=O) groups excluding carboxylic acids is 1. The van der Waals surface area contributed by atoms with Crippen LogP contribution >= 0.6 is 0 Å². The molecule has 142 valence electrons. The van der Waals surface area contributed by atoms with Gasteiger partial charge in [0.05, 0.1) is 31.5 Å². The Labute approximate surface area is 146 Å². The Hall–Kier alpha value is -0.650. The summed E-state index contributed by atoms with van der Waals surface area (Å²) in [7, 11) is 1.42. The van der Waals surface area contributed by atoms with E-state index in [1.807, 2.05) is 0 Å². The summed E-state index contributed by atoms with van der Waals surface area (Å²) >= 11 is 0. The molecule has 1 aliphatic rings. The maximum Gasteiger partial charge on any atom is 0.305 e. The summed E-state index contributed by atoms with van der Waals surface area (Å²) in [5.41, 5.74) is 0. The molecular formula is C19H36O5. The second-order valence-corrected chi connectivity index (χ2v) is 6.96. The number of hydrogen-bond donors (Lipinski definition) is 2. The van der Waals surface area contributed by atoms with Crippen molar-refractivity contribution in [3.05, 3.63) is 0 Å². The molecule has 0 aromatic heterocycles. The summed E-state index contributed by atoms with van der Waals surface area (Å²) in [6.45, 7) is 2.16. The van der Waals surface area contributed by atoms with Crippen molar-refractivity contribution in [3.8, 4) is 0 Å². The van der Waals surface area contributed by atoms with Crippen molar-refractivity contribution >= 4 is 5.97 Å². The number of esters is 1. The molecule has 0 amide bonds. The van der Waals surface area contributed by atoms with Crippen LogP contribution in [0.3, 0.4) is 0 Å². The summed E-state index contributed by atoms with van der Waals surface area (Å²) in [4.78, 5) is 11.0. The van der Waals surface area contributed by atoms with Gasteiger partial charge in [-0.25, -0.2) is 0 Å². The molecule has 0 spiro atoms. The first-order valence-corrected chi connectivity index (χ1v) is 9.66. The van der Waals surface area contributed by atoms with Gasteiger partial charge in [-0.05, 0) is 19.3 Å². The van der Waals surface area contributed by atoms with Gasteiger partial charge in [0.2, 0.25) is 0 Å². The van der Waals surface area contributed by atoms with E-state index in [0.29, 0.717) is 12.8 Å². The maximum absolute atomic E-state index is 11.0. The van der Waals surface area contributed by atoms with Gasteiger partial charge in [-0.1, -0.05) is 51.9 Å². The molecule has 5 nitrogen and oxygen atoms in total. The fourth-order valence-corrected chi connectivity index (χ4v) is 3.31. The number of aliphatic hydroxyl groups excluding tert-OH is 2. The van der Waals surface area contributed by atoms with Crippen molar-refractivity contribution in [1.82, 2.24) is 0 Å². The quantitative estimate of drug-likeness (QED) is 0.396. The van der Waals surface area contributed by atoms with E-state index in [1.165, 1.54) is 7.11 Å². The Kier molecular flexibility index (Phi) is 11.3. The van der Waals surface area contributed by atoms with Crippen LogP contribution in [0, 0.1) is 0 Å². The summed E-state index contributed by atoms with van der Waals surface area (Å²) in [5, 5.41) is 20.3. The van der Waals surface area contributed by atoms with Crippen LogP contribution in [0.5, 0.6) is 0 Å². The number of ether oxygens (including phenoxy) is 2. The average molecular weight is 344 g/mol. The lowest BCUT2D eigenvalue weighted by atomic mass is 10.0. The van der Waals surface area contributed by atoms with E-state index in [-0.39, 0.29) is 18.2 Å². The van der Waals surface area contributed by atoms with Crippen LogP contribution in [0.15, 0.2) is 0 Å². The standard InChI is InChI=1S/C19H36O5/c1-3-4-8-12-17-16(21)14-18(24-17)15(20)11-9-6-5-7-10-13-19(22)23-2/h15-18,20-21H,3-14H2,1-2H3. The highest BCUT2D eigenvalue weighted by Gasteiger charge is 2.36. The topological polar surface area (TPSA) is 76.0 Å². The van der Waals surface area contributed by atoms with Crippen LogP contribution in [0.1, 0.15) is 84.0 Å². The Morgan fingerprint density at radius 3 is 2.58 bits per heavy atom. The Morgan fingerprint density at radius 1 is 1.17 bits per heavy atom. The first kappa shape index (κ1) is 21.4. The Bertz CT molecular complexity index is 334. The molecule has 1 saturated heterocycles. The van der Waals surface area contributed by atoms with Gasteiger partial charge in [0.15, 0.2) is 0 Å². The lowest BCUT2D eigenvalue weighted by molar-refractivity contribution is -0.140. The molecule has 0 saturated carbocycles. The number of carbonyl (C=O) groups is 1. The Balaban J connectivity index is 2.06. The molecule has 24 heavy (non-hydrogen) atoms. The number of aliphatic hydroxyl groups is 2. The molecule has 1 rings (SSSR count). The minimum absolute atomic E-state index is 0.102. The summed E-state index contributed by atoms with van der Waals surface area (Å²) in [6, 6.07) is 0. The molecule has 4 unspecified atom stereocenters. The van der Waals surface area contributed by atoms with E-state index in [0.717, 1.165) is 64.2 Å². The molecule has 1 aliphatic heterocycles. The highest BCUT2D eigenvalue weighted by Crippen LogP contribution is 2.28. The molecule has 1 heterocycles. The van der Waals surface area contributed by atoms with Crippen molar-refractivity contribution in [2.75, 3.05) is 7.11 Å². The predicted molar refractivity (Wildman–Crippen MR) is 93.8 cm³/mol. The smallest absolute Gasteiger partial charge is 0.305 e. The molecule has 0 aromatic carbocycles. The number of unbranched alkanes of at least 4 members (excludes halogenated alkanes) is 6. The zero-order chi connectivity index (χ0) is 17.8. The SMILES string of the molecule is CCCCCC1OC(C(O)CCCCCCCC(=O)OC)CC1O. The molecule has 2 N–H and O–H groups in total. The van der Waals surface area contributed by atoms with E-state index >= 15 is 0 Å². The largest absolute Gasteiger partial charge is 0.469 e. The van der Waals surface area contributed by atoms with Gasteiger partial charge < -0.3 is 19.7 Å². The van der Waals surface area contributed by atoms with Crippen molar-refractivity contribution < 1.29 is 24.5 Å². The van der Waals surface area contributed by atoms with Gasteiger partial charge in [-0.15, -0.1) is 0 Å². The maximum atomic E-state index is 11.0. The first-order valence-electron chi connectivity index (χ1n) is 9.66. The second-order valence-electron chi connectivity index (χ2n) is 6.96. The third-order valence-corrected chi connectivity index (χ3v) is 4.88. The molecule has 4 atom stereocenters. The third-order valence-electron chi connectivity index (χ3n) is 4.88. The van der Waals surface area contributed by atoms with Crippen LogP contribution in [-0.2, 0) is 14.3 Å². The van der Waals surface area contributed by atoms with E-state index in [2.05, 4.69) is 11.7 Å². The van der Waals surface area contributed by atoms with Crippen LogP contribution in [0.2, 0.25) is 0 Å². The van der Waals surface area contributed by atoms with Gasteiger partial charge in [-0.2, -0.15) is 0 Å². The minimum Gasteiger partial charge on any atom is -0.469 e. The molecular weight excluding hydrogens is 308 g/mol. The zero-order valence-corrected chi connectivity index (χ0v) is 15.4. The fraction of sp³-hybridized carbons (Fsp3) is 0.947. The normalized spacial score (nSPS) is 24.9. The monoisotopic (exact) mass is 344 g/mol. The Morgan fingerprint density at radius 2 is 1.88 bits per heavy atom. The van der Waals surface area contributed by atoms with Gasteiger partial charge in [0, 0.05) is 12.8 Å². The number of hydrogen-bond acceptors (Lipinski definition) is 5. The van der Waals surface area contributed by atoms with Gasteiger partial charge in [0.1, 0.15) is 0 Å². The summed E-state index contributed by atoms with van der Waals surface area (Å²) < 4.78 is 10.5. The third kappa shape index (κ3) is 8.45. The molecule has 5 heteroatoms. The van der Waals surface area contributed by atoms with Gasteiger partial charge in [0.25, 0.3) is 0 Å². The highest BCUT2D eigenvalue weighted by atomic mass is 16.5. The zero-order valence-electron chi connectivity index (χ0n) is 15.4. The highest BCUT2D eigenvalue weighted by molar-refractivity contribution is 5.68. The molecule has 0 aliphatic carbocycles. The summed E-state index contributed by atoms with van der Waals surface area (Å²) in [6.07, 6.45) is 9.78. The fourth-order valence-electron chi connectivity index (χ4n) is 3.31. The molecule has 0 aromatic rings. The number of methoxy groups -OCH3 is 1. The van der Waals surface area contributed by atoms with Crippen LogP contribution < -0.4 is 0 Å². The number of rotatable bonds is 13. The second kappa shape index (κ2) is 12.7. The minimum atomic E-state index is -0.481. The van der Waals surface area contributed by atoms with E-state index in [9.17, 15) is 15.0 Å². The van der Waals surface area contributed by atoms with E-state index in [4.69, 9.17) is 4.74 Å². The molecule has 1 fully saturated rings. The van der Waals surface area contributed by atoms with Crippen LogP contribution in [0.25, 0.3) is 0 Å². The van der Waals surface area contributed by atoms with E-state index < -0.39 is 12.2 Å². The first-order chi connectivity index (χ1) is 11.6. The van der Waals surface area contributed by atoms with E-state index in [1.54, 1.807) is 0 Å². The van der Waals surface area contributed by atoms with Crippen molar-refractivity contribution in [3.63, 3.8) is 0 Å². The lowest BCUT2D eigenvalue weighted by Gasteiger charge is -2.19.